The van der Waals surface area contributed by atoms with Gasteiger partial charge in [0, 0.05) is 6.07 Å². The van der Waals surface area contributed by atoms with Gasteiger partial charge in [-0.05, 0) is 37.8 Å². The van der Waals surface area contributed by atoms with E-state index in [0.717, 1.165) is 0 Å². The summed E-state index contributed by atoms with van der Waals surface area (Å²) < 4.78 is 44.3. The lowest BCUT2D eigenvalue weighted by molar-refractivity contribution is 0.191. The molecular weight excluding hydrogens is 253 g/mol. The minimum absolute atomic E-state index is 0.0704. The van der Waals surface area contributed by atoms with Crippen LogP contribution in [-0.2, 0) is 6.42 Å². The first kappa shape index (κ1) is 15.6. The maximum Gasteiger partial charge on any atom is 0.134 e. The SMILES string of the molecule is CCC(F)COc1ccc(CC/C=C(/C)F)c(F)c1. The lowest BCUT2D eigenvalue weighted by atomic mass is 10.1. The second-order valence-electron chi connectivity index (χ2n) is 4.40. The van der Waals surface area contributed by atoms with Gasteiger partial charge in [0.15, 0.2) is 0 Å². The minimum Gasteiger partial charge on any atom is -0.490 e. The Morgan fingerprint density at radius 2 is 2.16 bits per heavy atom. The Labute approximate surface area is 112 Å². The van der Waals surface area contributed by atoms with Gasteiger partial charge in [0.25, 0.3) is 0 Å². The van der Waals surface area contributed by atoms with E-state index < -0.39 is 12.0 Å². The number of hydrogen-bond acceptors (Lipinski definition) is 1. The molecule has 0 heterocycles. The van der Waals surface area contributed by atoms with Crippen LogP contribution in [0.5, 0.6) is 5.75 Å². The highest BCUT2D eigenvalue weighted by Crippen LogP contribution is 2.19. The summed E-state index contributed by atoms with van der Waals surface area (Å²) in [5.74, 6) is -0.363. The van der Waals surface area contributed by atoms with Gasteiger partial charge in [-0.25, -0.2) is 13.2 Å². The van der Waals surface area contributed by atoms with E-state index in [2.05, 4.69) is 0 Å². The Morgan fingerprint density at radius 1 is 1.42 bits per heavy atom. The number of rotatable bonds is 7. The minimum atomic E-state index is -1.04. The van der Waals surface area contributed by atoms with E-state index in [0.29, 0.717) is 30.6 Å². The van der Waals surface area contributed by atoms with Crippen LogP contribution in [0.4, 0.5) is 13.2 Å². The molecule has 0 fully saturated rings. The molecule has 0 aliphatic rings. The summed E-state index contributed by atoms with van der Waals surface area (Å²) in [6, 6.07) is 4.43. The van der Waals surface area contributed by atoms with Crippen LogP contribution < -0.4 is 4.74 Å². The summed E-state index contributed by atoms with van der Waals surface area (Å²) in [6.07, 6.45) is 1.62. The molecule has 0 saturated heterocycles. The van der Waals surface area contributed by atoms with Crippen LogP contribution in [0.25, 0.3) is 0 Å². The van der Waals surface area contributed by atoms with Crippen molar-refractivity contribution in [3.05, 3.63) is 41.5 Å². The molecule has 0 aliphatic heterocycles. The van der Waals surface area contributed by atoms with E-state index in [1.165, 1.54) is 19.1 Å². The second-order valence-corrected chi connectivity index (χ2v) is 4.40. The molecule has 0 N–H and O–H groups in total. The Balaban J connectivity index is 2.56. The smallest absolute Gasteiger partial charge is 0.134 e. The number of aryl methyl sites for hydroxylation is 1. The van der Waals surface area contributed by atoms with Crippen LogP contribution in [-0.4, -0.2) is 12.8 Å². The van der Waals surface area contributed by atoms with Crippen molar-refractivity contribution in [2.75, 3.05) is 6.61 Å². The summed E-state index contributed by atoms with van der Waals surface area (Å²) in [4.78, 5) is 0. The second kappa shape index (κ2) is 7.87. The first-order valence-corrected chi connectivity index (χ1v) is 6.40. The van der Waals surface area contributed by atoms with Gasteiger partial charge in [0.2, 0.25) is 0 Å². The van der Waals surface area contributed by atoms with Crippen molar-refractivity contribution >= 4 is 0 Å². The summed E-state index contributed by atoms with van der Waals surface area (Å²) in [6.45, 7) is 3.01. The quantitative estimate of drug-likeness (QED) is 0.695. The van der Waals surface area contributed by atoms with Gasteiger partial charge in [-0.2, -0.15) is 0 Å². The maximum atomic E-state index is 13.7. The van der Waals surface area contributed by atoms with Gasteiger partial charge in [-0.1, -0.05) is 19.1 Å². The number of benzene rings is 1. The monoisotopic (exact) mass is 272 g/mol. The van der Waals surface area contributed by atoms with Gasteiger partial charge in [0.05, 0.1) is 5.83 Å². The first-order chi connectivity index (χ1) is 9.02. The van der Waals surface area contributed by atoms with E-state index in [4.69, 9.17) is 4.74 Å². The van der Waals surface area contributed by atoms with Crippen LogP contribution in [0.3, 0.4) is 0 Å². The van der Waals surface area contributed by atoms with Crippen molar-refractivity contribution in [2.45, 2.75) is 39.3 Å². The third-order valence-electron chi connectivity index (χ3n) is 2.74. The fourth-order valence-electron chi connectivity index (χ4n) is 1.55. The topological polar surface area (TPSA) is 9.23 Å². The summed E-state index contributed by atoms with van der Waals surface area (Å²) in [7, 11) is 0. The molecule has 0 aromatic heterocycles. The van der Waals surface area contributed by atoms with E-state index in [-0.39, 0.29) is 12.4 Å². The molecule has 19 heavy (non-hydrogen) atoms. The fraction of sp³-hybridized carbons (Fsp3) is 0.467. The number of hydrogen-bond donors (Lipinski definition) is 0. The normalized spacial score (nSPS) is 13.4. The highest BCUT2D eigenvalue weighted by atomic mass is 19.1. The van der Waals surface area contributed by atoms with Crippen LogP contribution in [0.15, 0.2) is 30.1 Å². The Hall–Kier alpha value is -1.45. The summed E-state index contributed by atoms with van der Waals surface area (Å²) >= 11 is 0. The number of halogens is 3. The predicted octanol–water partition coefficient (Wildman–Crippen LogP) is 4.76. The number of allylic oxidation sites excluding steroid dienone is 2. The zero-order chi connectivity index (χ0) is 14.3. The molecule has 0 saturated carbocycles. The van der Waals surface area contributed by atoms with Gasteiger partial charge < -0.3 is 4.74 Å². The Kier molecular flexibility index (Phi) is 6.46. The van der Waals surface area contributed by atoms with Crippen molar-refractivity contribution in [3.8, 4) is 5.75 Å². The zero-order valence-corrected chi connectivity index (χ0v) is 11.3. The molecule has 1 aromatic carbocycles. The van der Waals surface area contributed by atoms with Gasteiger partial charge >= 0.3 is 0 Å². The number of ether oxygens (including phenoxy) is 1. The molecule has 106 valence electrons. The third-order valence-corrected chi connectivity index (χ3v) is 2.74. The van der Waals surface area contributed by atoms with E-state index >= 15 is 0 Å². The fourth-order valence-corrected chi connectivity index (χ4v) is 1.55. The largest absolute Gasteiger partial charge is 0.490 e. The molecule has 0 aliphatic carbocycles. The lowest BCUT2D eigenvalue weighted by Gasteiger charge is -2.10. The molecule has 0 amide bonds. The lowest BCUT2D eigenvalue weighted by Crippen LogP contribution is -2.11. The molecule has 1 unspecified atom stereocenters. The van der Waals surface area contributed by atoms with Gasteiger partial charge in [0.1, 0.15) is 24.3 Å². The van der Waals surface area contributed by atoms with E-state index in [9.17, 15) is 13.2 Å². The maximum absolute atomic E-state index is 13.7. The van der Waals surface area contributed by atoms with Crippen LogP contribution in [0, 0.1) is 5.82 Å². The van der Waals surface area contributed by atoms with Gasteiger partial charge in [-0.3, -0.25) is 0 Å². The van der Waals surface area contributed by atoms with E-state index in [1.54, 1.807) is 19.1 Å². The summed E-state index contributed by atoms with van der Waals surface area (Å²) in [5, 5.41) is 0. The first-order valence-electron chi connectivity index (χ1n) is 6.40. The molecular formula is C15H19F3O. The average Bonchev–Trinajstić information content (AvgIpc) is 2.37. The molecule has 1 atom stereocenters. The van der Waals surface area contributed by atoms with Crippen LogP contribution in [0.2, 0.25) is 0 Å². The summed E-state index contributed by atoms with van der Waals surface area (Å²) in [5.41, 5.74) is 0.497. The highest BCUT2D eigenvalue weighted by Gasteiger charge is 2.07. The third kappa shape index (κ3) is 5.81. The Bertz CT molecular complexity index is 425. The van der Waals surface area contributed by atoms with Crippen molar-refractivity contribution < 1.29 is 17.9 Å². The standard InChI is InChI=1S/C15H19F3O/c1-3-13(17)10-19-14-8-7-12(15(18)9-14)6-4-5-11(2)16/h5,7-9,13H,3-4,6,10H2,1-2H3/b11-5-. The molecule has 0 bridgehead atoms. The van der Waals surface area contributed by atoms with Gasteiger partial charge in [-0.15, -0.1) is 0 Å². The molecule has 4 heteroatoms. The van der Waals surface area contributed by atoms with Crippen molar-refractivity contribution in [1.82, 2.24) is 0 Å². The zero-order valence-electron chi connectivity index (χ0n) is 11.3. The number of alkyl halides is 1. The van der Waals surface area contributed by atoms with Crippen molar-refractivity contribution in [2.24, 2.45) is 0 Å². The van der Waals surface area contributed by atoms with Crippen LogP contribution in [0.1, 0.15) is 32.3 Å². The highest BCUT2D eigenvalue weighted by molar-refractivity contribution is 5.29. The molecule has 1 aromatic rings. The Morgan fingerprint density at radius 3 is 2.74 bits per heavy atom. The van der Waals surface area contributed by atoms with Crippen molar-refractivity contribution in [1.29, 1.82) is 0 Å². The van der Waals surface area contributed by atoms with E-state index in [1.807, 2.05) is 0 Å². The molecule has 0 radical (unpaired) electrons. The predicted molar refractivity (Wildman–Crippen MR) is 70.3 cm³/mol. The average molecular weight is 272 g/mol. The molecule has 1 rings (SSSR count). The molecule has 0 spiro atoms. The van der Waals surface area contributed by atoms with Crippen molar-refractivity contribution in [3.63, 3.8) is 0 Å². The van der Waals surface area contributed by atoms with Crippen LogP contribution >= 0.6 is 0 Å². The molecule has 1 nitrogen and oxygen atoms in total.